The lowest BCUT2D eigenvalue weighted by molar-refractivity contribution is -0.118. The van der Waals surface area contributed by atoms with E-state index in [2.05, 4.69) is 5.32 Å². The monoisotopic (exact) mass is 276 g/mol. The van der Waals surface area contributed by atoms with E-state index in [4.69, 9.17) is 15.2 Å². The van der Waals surface area contributed by atoms with Crippen LogP contribution in [0.1, 0.15) is 35.7 Å². The summed E-state index contributed by atoms with van der Waals surface area (Å²) in [6.45, 7) is 5.78. The van der Waals surface area contributed by atoms with Crippen LogP contribution in [0.4, 0.5) is 0 Å². The third kappa shape index (κ3) is 2.02. The second-order valence-corrected chi connectivity index (χ2v) is 5.67. The summed E-state index contributed by atoms with van der Waals surface area (Å²) in [7, 11) is 0. The van der Waals surface area contributed by atoms with E-state index >= 15 is 0 Å². The van der Waals surface area contributed by atoms with E-state index in [9.17, 15) is 4.79 Å². The van der Waals surface area contributed by atoms with Gasteiger partial charge in [-0.05, 0) is 45.0 Å². The van der Waals surface area contributed by atoms with Crippen LogP contribution < -0.4 is 20.5 Å². The largest absolute Gasteiger partial charge is 0.448 e. The molecule has 1 saturated heterocycles. The van der Waals surface area contributed by atoms with Crippen molar-refractivity contribution in [2.75, 3.05) is 13.1 Å². The molecule has 2 aliphatic heterocycles. The first-order valence-corrected chi connectivity index (χ1v) is 7.03. The van der Waals surface area contributed by atoms with Crippen molar-refractivity contribution in [1.29, 1.82) is 0 Å². The van der Waals surface area contributed by atoms with Crippen LogP contribution in [0.3, 0.4) is 0 Å². The van der Waals surface area contributed by atoms with Gasteiger partial charge in [0, 0.05) is 24.0 Å². The highest BCUT2D eigenvalue weighted by atomic mass is 16.7. The summed E-state index contributed by atoms with van der Waals surface area (Å²) in [5.74, 6) is 0.610. The van der Waals surface area contributed by atoms with Gasteiger partial charge in [0.05, 0.1) is 0 Å². The Kier molecular flexibility index (Phi) is 3.09. The molecule has 0 aromatic heterocycles. The third-order valence-corrected chi connectivity index (χ3v) is 4.33. The van der Waals surface area contributed by atoms with E-state index in [-0.39, 0.29) is 0 Å². The molecular formula is C15H20N2O3. The number of carbonyl (C=O) groups excluding carboxylic acids is 1. The molecule has 5 heteroatoms. The second-order valence-electron chi connectivity index (χ2n) is 5.67. The van der Waals surface area contributed by atoms with Crippen molar-refractivity contribution in [3.8, 4) is 11.5 Å². The van der Waals surface area contributed by atoms with E-state index in [1.165, 1.54) is 0 Å². The van der Waals surface area contributed by atoms with Gasteiger partial charge in [0.25, 0.3) is 5.79 Å². The Morgan fingerprint density at radius 3 is 2.70 bits per heavy atom. The number of rotatable bonds is 2. The molecular weight excluding hydrogens is 256 g/mol. The standard InChI is InChI=1S/C15H20N2O3/c1-9-11(14(16)18)3-4-12-13(9)20-15(2,19-12)10-5-7-17-8-6-10/h3-4,10,17H,5-8H2,1-2H3,(H2,16,18). The summed E-state index contributed by atoms with van der Waals surface area (Å²) in [6, 6.07) is 3.47. The smallest absolute Gasteiger partial charge is 0.251 e. The highest BCUT2D eigenvalue weighted by molar-refractivity contribution is 5.95. The first kappa shape index (κ1) is 13.2. The average molecular weight is 276 g/mol. The van der Waals surface area contributed by atoms with Gasteiger partial charge in [-0.3, -0.25) is 4.79 Å². The van der Waals surface area contributed by atoms with Crippen molar-refractivity contribution < 1.29 is 14.3 Å². The fraction of sp³-hybridized carbons (Fsp3) is 0.533. The van der Waals surface area contributed by atoms with Crippen molar-refractivity contribution in [2.45, 2.75) is 32.5 Å². The topological polar surface area (TPSA) is 73.6 Å². The minimum Gasteiger partial charge on any atom is -0.448 e. The van der Waals surface area contributed by atoms with Gasteiger partial charge in [-0.1, -0.05) is 0 Å². The molecule has 2 aliphatic rings. The first-order valence-electron chi connectivity index (χ1n) is 7.03. The van der Waals surface area contributed by atoms with E-state index in [1.807, 2.05) is 13.8 Å². The number of hydrogen-bond donors (Lipinski definition) is 2. The molecule has 0 radical (unpaired) electrons. The summed E-state index contributed by atoms with van der Waals surface area (Å²) >= 11 is 0. The van der Waals surface area contributed by atoms with Gasteiger partial charge in [0.1, 0.15) is 0 Å². The van der Waals surface area contributed by atoms with Crippen molar-refractivity contribution in [1.82, 2.24) is 5.32 Å². The molecule has 1 fully saturated rings. The number of hydrogen-bond acceptors (Lipinski definition) is 4. The van der Waals surface area contributed by atoms with Gasteiger partial charge in [0.2, 0.25) is 5.91 Å². The molecule has 1 unspecified atom stereocenters. The van der Waals surface area contributed by atoms with Gasteiger partial charge >= 0.3 is 0 Å². The van der Waals surface area contributed by atoms with Crippen LogP contribution in [0.25, 0.3) is 0 Å². The molecule has 0 saturated carbocycles. The number of piperidine rings is 1. The summed E-state index contributed by atoms with van der Waals surface area (Å²) in [5.41, 5.74) is 6.62. The predicted molar refractivity (Wildman–Crippen MR) is 75.0 cm³/mol. The number of nitrogens with one attached hydrogen (secondary N) is 1. The quantitative estimate of drug-likeness (QED) is 0.860. The number of benzene rings is 1. The normalized spacial score (nSPS) is 25.7. The highest BCUT2D eigenvalue weighted by Gasteiger charge is 2.45. The zero-order valence-electron chi connectivity index (χ0n) is 11.9. The minimum atomic E-state index is -0.647. The lowest BCUT2D eigenvalue weighted by atomic mass is 9.90. The molecule has 1 aromatic carbocycles. The molecule has 20 heavy (non-hydrogen) atoms. The maximum Gasteiger partial charge on any atom is 0.251 e. The number of nitrogens with two attached hydrogens (primary N) is 1. The Bertz CT molecular complexity index is 552. The van der Waals surface area contributed by atoms with Crippen LogP contribution >= 0.6 is 0 Å². The molecule has 0 aliphatic carbocycles. The highest BCUT2D eigenvalue weighted by Crippen LogP contribution is 2.46. The second kappa shape index (κ2) is 4.66. The van der Waals surface area contributed by atoms with Crippen LogP contribution in [0.5, 0.6) is 11.5 Å². The number of fused-ring (bicyclic) bond motifs is 1. The van der Waals surface area contributed by atoms with Gasteiger partial charge < -0.3 is 20.5 Å². The van der Waals surface area contributed by atoms with Gasteiger partial charge in [0.15, 0.2) is 11.5 Å². The average Bonchev–Trinajstić information content (AvgIpc) is 2.79. The molecule has 3 N–H and O–H groups in total. The fourth-order valence-corrected chi connectivity index (χ4v) is 3.10. The van der Waals surface area contributed by atoms with Crippen molar-refractivity contribution in [3.05, 3.63) is 23.3 Å². The van der Waals surface area contributed by atoms with Crippen molar-refractivity contribution >= 4 is 5.91 Å². The molecule has 0 bridgehead atoms. The number of ether oxygens (including phenoxy) is 2. The van der Waals surface area contributed by atoms with Crippen LogP contribution in [0.2, 0.25) is 0 Å². The lowest BCUT2D eigenvalue weighted by Crippen LogP contribution is -2.47. The van der Waals surface area contributed by atoms with Crippen LogP contribution in [-0.4, -0.2) is 24.8 Å². The maximum atomic E-state index is 11.4. The fourth-order valence-electron chi connectivity index (χ4n) is 3.10. The SMILES string of the molecule is Cc1c(C(N)=O)ccc2c1OC(C)(C1CCNCC1)O2. The van der Waals surface area contributed by atoms with Crippen molar-refractivity contribution in [3.63, 3.8) is 0 Å². The van der Waals surface area contributed by atoms with Crippen LogP contribution in [0, 0.1) is 12.8 Å². The van der Waals surface area contributed by atoms with Gasteiger partial charge in [-0.2, -0.15) is 0 Å². The van der Waals surface area contributed by atoms with E-state index in [1.54, 1.807) is 12.1 Å². The zero-order valence-corrected chi connectivity index (χ0v) is 11.9. The Morgan fingerprint density at radius 1 is 1.35 bits per heavy atom. The van der Waals surface area contributed by atoms with Gasteiger partial charge in [-0.25, -0.2) is 0 Å². The Balaban J connectivity index is 1.91. The molecule has 1 amide bonds. The zero-order chi connectivity index (χ0) is 14.3. The van der Waals surface area contributed by atoms with E-state index < -0.39 is 11.7 Å². The summed E-state index contributed by atoms with van der Waals surface area (Å²) in [6.07, 6.45) is 2.04. The Morgan fingerprint density at radius 2 is 2.05 bits per heavy atom. The number of carbonyl (C=O) groups is 1. The van der Waals surface area contributed by atoms with E-state index in [0.29, 0.717) is 23.0 Å². The number of primary amides is 1. The molecule has 2 heterocycles. The lowest BCUT2D eigenvalue weighted by Gasteiger charge is -2.35. The molecule has 1 aromatic rings. The minimum absolute atomic E-state index is 0.340. The molecule has 3 rings (SSSR count). The molecule has 5 nitrogen and oxygen atoms in total. The molecule has 108 valence electrons. The Labute approximate surface area is 118 Å². The van der Waals surface area contributed by atoms with Crippen LogP contribution in [0.15, 0.2) is 12.1 Å². The third-order valence-electron chi connectivity index (χ3n) is 4.33. The van der Waals surface area contributed by atoms with Gasteiger partial charge in [-0.15, -0.1) is 0 Å². The summed E-state index contributed by atoms with van der Waals surface area (Å²) < 4.78 is 12.1. The van der Waals surface area contributed by atoms with Crippen molar-refractivity contribution in [2.24, 2.45) is 11.7 Å². The predicted octanol–water partition coefficient (Wildman–Crippen LogP) is 1.58. The Hall–Kier alpha value is -1.75. The van der Waals surface area contributed by atoms with Crippen LogP contribution in [-0.2, 0) is 0 Å². The van der Waals surface area contributed by atoms with E-state index in [0.717, 1.165) is 31.5 Å². The maximum absolute atomic E-state index is 11.4. The molecule has 0 spiro atoms. The summed E-state index contributed by atoms with van der Waals surface area (Å²) in [5, 5.41) is 3.34. The number of amides is 1. The molecule has 1 atom stereocenters. The summed E-state index contributed by atoms with van der Waals surface area (Å²) in [4.78, 5) is 11.4. The first-order chi connectivity index (χ1) is 9.51.